The van der Waals surface area contributed by atoms with Crippen LogP contribution in [0.5, 0.6) is 0 Å². The molecule has 1 saturated heterocycles. The van der Waals surface area contributed by atoms with Crippen LogP contribution in [0.4, 0.5) is 9.93 Å². The molecule has 1 unspecified atom stereocenters. The zero-order chi connectivity index (χ0) is 22.6. The molecule has 0 bridgehead atoms. The van der Waals surface area contributed by atoms with E-state index in [1.807, 2.05) is 33.8 Å². The molecular weight excluding hydrogens is 420 g/mol. The summed E-state index contributed by atoms with van der Waals surface area (Å²) >= 11 is 1.32. The third-order valence-corrected chi connectivity index (χ3v) is 5.58. The fourth-order valence-corrected chi connectivity index (χ4v) is 3.79. The molecule has 11 heteroatoms. The number of nitrogens with zero attached hydrogens (tertiary/aromatic N) is 3. The van der Waals surface area contributed by atoms with E-state index >= 15 is 0 Å². The van der Waals surface area contributed by atoms with Crippen LogP contribution in [0.1, 0.15) is 45.1 Å². The Bertz CT molecular complexity index is 984. The average molecular weight is 447 g/mol. The van der Waals surface area contributed by atoms with E-state index in [2.05, 4.69) is 30.9 Å². The fraction of sp³-hybridized carbons (Fsp3) is 0.500. The molecule has 10 nitrogen and oxygen atoms in total. The van der Waals surface area contributed by atoms with Crippen LogP contribution >= 0.6 is 11.3 Å². The molecule has 1 fully saturated rings. The summed E-state index contributed by atoms with van der Waals surface area (Å²) in [5, 5.41) is 8.31. The van der Waals surface area contributed by atoms with Crippen LogP contribution in [-0.2, 0) is 19.7 Å². The Morgan fingerprint density at radius 2 is 2.06 bits per heavy atom. The summed E-state index contributed by atoms with van der Waals surface area (Å²) in [6.45, 7) is 8.42. The number of rotatable bonds is 6. The number of nitrogens with one attached hydrogen (secondary N) is 3. The average Bonchev–Trinajstić information content (AvgIpc) is 3.26. The lowest BCUT2D eigenvalue weighted by molar-refractivity contribution is -0.141. The van der Waals surface area contributed by atoms with Gasteiger partial charge in [-0.3, -0.25) is 10.1 Å². The highest BCUT2D eigenvalue weighted by atomic mass is 32.1. The standard InChI is InChI=1S/C20H26N6O4S/c1-11-15(12-5-8-21-17(25-12)20(2,3)4)31-19(23-11)26-18(29)22-9-6-14(27)24-13-7-10-30-16(13)28/h5,8,13H,6-7,9-10H2,1-4H3,(H,24,27)(H2,22,23,26,29). The lowest BCUT2D eigenvalue weighted by atomic mass is 9.95. The maximum Gasteiger partial charge on any atom is 0.328 e. The summed E-state index contributed by atoms with van der Waals surface area (Å²) < 4.78 is 4.79. The highest BCUT2D eigenvalue weighted by Crippen LogP contribution is 2.32. The van der Waals surface area contributed by atoms with Gasteiger partial charge in [0.1, 0.15) is 11.9 Å². The number of ether oxygens (including phenoxy) is 1. The number of hydrogen-bond donors (Lipinski definition) is 3. The van der Waals surface area contributed by atoms with Gasteiger partial charge in [-0.1, -0.05) is 32.1 Å². The number of urea groups is 1. The number of aryl methyl sites for hydroxylation is 1. The number of hydrogen-bond acceptors (Lipinski definition) is 8. The molecule has 31 heavy (non-hydrogen) atoms. The molecule has 3 heterocycles. The highest BCUT2D eigenvalue weighted by Gasteiger charge is 2.27. The summed E-state index contributed by atoms with van der Waals surface area (Å²) in [5.41, 5.74) is 1.33. The summed E-state index contributed by atoms with van der Waals surface area (Å²) in [5.74, 6) is -0.0172. The summed E-state index contributed by atoms with van der Waals surface area (Å²) in [6, 6.07) is 0.753. The molecule has 166 valence electrons. The molecule has 1 atom stereocenters. The van der Waals surface area contributed by atoms with E-state index in [1.165, 1.54) is 11.3 Å². The van der Waals surface area contributed by atoms with Gasteiger partial charge >= 0.3 is 12.0 Å². The SMILES string of the molecule is Cc1nc(NC(=O)NCCC(=O)NC2CCOC2=O)sc1-c1ccnc(C(C)(C)C)n1. The number of thiazole rings is 1. The summed E-state index contributed by atoms with van der Waals surface area (Å²) in [4.78, 5) is 49.6. The summed E-state index contributed by atoms with van der Waals surface area (Å²) in [6.07, 6.45) is 2.24. The van der Waals surface area contributed by atoms with Crippen molar-refractivity contribution >= 4 is 34.4 Å². The molecule has 3 rings (SSSR count). The Labute approximate surface area is 184 Å². The van der Waals surface area contributed by atoms with Crippen LogP contribution in [0.2, 0.25) is 0 Å². The Kier molecular flexibility index (Phi) is 6.84. The maximum absolute atomic E-state index is 12.1. The predicted octanol–water partition coefficient (Wildman–Crippen LogP) is 2.15. The Morgan fingerprint density at radius 3 is 2.74 bits per heavy atom. The second-order valence-corrected chi connectivity index (χ2v) is 9.16. The van der Waals surface area contributed by atoms with Crippen LogP contribution in [0, 0.1) is 6.92 Å². The Morgan fingerprint density at radius 1 is 1.29 bits per heavy atom. The van der Waals surface area contributed by atoms with Crippen LogP contribution in [0.3, 0.4) is 0 Å². The third kappa shape index (κ3) is 5.97. The van der Waals surface area contributed by atoms with Crippen molar-refractivity contribution in [3.8, 4) is 10.6 Å². The van der Waals surface area contributed by atoms with Crippen molar-refractivity contribution in [2.45, 2.75) is 52.0 Å². The van der Waals surface area contributed by atoms with E-state index in [4.69, 9.17) is 4.74 Å². The Balaban J connectivity index is 1.52. The van der Waals surface area contributed by atoms with Crippen molar-refractivity contribution in [2.24, 2.45) is 0 Å². The number of amides is 3. The van der Waals surface area contributed by atoms with Crippen molar-refractivity contribution < 1.29 is 19.1 Å². The van der Waals surface area contributed by atoms with Gasteiger partial charge in [0.05, 0.1) is 22.9 Å². The number of anilines is 1. The molecule has 3 N–H and O–H groups in total. The van der Waals surface area contributed by atoms with Gasteiger partial charge < -0.3 is 15.4 Å². The minimum absolute atomic E-state index is 0.0515. The fourth-order valence-electron chi connectivity index (χ4n) is 2.86. The molecular formula is C20H26N6O4S. The lowest BCUT2D eigenvalue weighted by Crippen LogP contribution is -2.40. The zero-order valence-corrected chi connectivity index (χ0v) is 18.8. The van der Waals surface area contributed by atoms with Gasteiger partial charge in [0.25, 0.3) is 0 Å². The molecule has 0 saturated carbocycles. The molecule has 3 amide bonds. The molecule has 0 aliphatic carbocycles. The molecule has 1 aliphatic rings. The lowest BCUT2D eigenvalue weighted by Gasteiger charge is -2.16. The van der Waals surface area contributed by atoms with Gasteiger partial charge in [-0.05, 0) is 13.0 Å². The first-order chi connectivity index (χ1) is 14.6. The van der Waals surface area contributed by atoms with Gasteiger partial charge in [-0.2, -0.15) is 0 Å². The Hall–Kier alpha value is -3.08. The monoisotopic (exact) mass is 446 g/mol. The van der Waals surface area contributed by atoms with E-state index in [0.717, 1.165) is 22.1 Å². The molecule has 2 aromatic heterocycles. The largest absolute Gasteiger partial charge is 0.464 e. The van der Waals surface area contributed by atoms with E-state index in [9.17, 15) is 14.4 Å². The van der Waals surface area contributed by atoms with E-state index < -0.39 is 18.0 Å². The number of carbonyl (C=O) groups excluding carboxylic acids is 3. The minimum Gasteiger partial charge on any atom is -0.464 e. The molecule has 0 spiro atoms. The summed E-state index contributed by atoms with van der Waals surface area (Å²) in [7, 11) is 0. The first-order valence-corrected chi connectivity index (χ1v) is 10.8. The van der Waals surface area contributed by atoms with Crippen molar-refractivity contribution in [1.29, 1.82) is 0 Å². The number of aromatic nitrogens is 3. The van der Waals surface area contributed by atoms with Crippen LogP contribution in [-0.4, -0.2) is 52.1 Å². The van der Waals surface area contributed by atoms with Crippen molar-refractivity contribution in [1.82, 2.24) is 25.6 Å². The number of cyclic esters (lactones) is 1. The van der Waals surface area contributed by atoms with Gasteiger partial charge in [0.2, 0.25) is 5.91 Å². The first-order valence-electron chi connectivity index (χ1n) is 9.95. The predicted molar refractivity (Wildman–Crippen MR) is 116 cm³/mol. The molecule has 1 aliphatic heterocycles. The number of carbonyl (C=O) groups is 3. The normalized spacial score (nSPS) is 16.0. The third-order valence-electron chi connectivity index (χ3n) is 4.48. The smallest absolute Gasteiger partial charge is 0.328 e. The van der Waals surface area contributed by atoms with Gasteiger partial charge in [0, 0.05) is 31.0 Å². The van der Waals surface area contributed by atoms with Gasteiger partial charge in [-0.15, -0.1) is 0 Å². The molecule has 0 aromatic carbocycles. The number of esters is 1. The topological polar surface area (TPSA) is 135 Å². The van der Waals surface area contributed by atoms with Gasteiger partial charge in [-0.25, -0.2) is 24.5 Å². The minimum atomic E-state index is -0.598. The maximum atomic E-state index is 12.1. The van der Waals surface area contributed by atoms with Crippen molar-refractivity contribution in [3.63, 3.8) is 0 Å². The van der Waals surface area contributed by atoms with Crippen LogP contribution in [0.25, 0.3) is 10.6 Å². The van der Waals surface area contributed by atoms with Crippen molar-refractivity contribution in [3.05, 3.63) is 23.8 Å². The van der Waals surface area contributed by atoms with E-state index in [-0.39, 0.29) is 24.3 Å². The molecule has 2 aromatic rings. The van der Waals surface area contributed by atoms with Gasteiger partial charge in [0.15, 0.2) is 5.13 Å². The first kappa shape index (κ1) is 22.6. The van der Waals surface area contributed by atoms with Crippen molar-refractivity contribution in [2.75, 3.05) is 18.5 Å². The van der Waals surface area contributed by atoms with E-state index in [0.29, 0.717) is 18.2 Å². The quantitative estimate of drug-likeness (QED) is 0.579. The second kappa shape index (κ2) is 9.38. The molecule has 0 radical (unpaired) electrons. The van der Waals surface area contributed by atoms with E-state index in [1.54, 1.807) is 6.20 Å². The van der Waals surface area contributed by atoms with Crippen LogP contribution < -0.4 is 16.0 Å². The zero-order valence-electron chi connectivity index (χ0n) is 17.9. The second-order valence-electron chi connectivity index (χ2n) is 8.16. The van der Waals surface area contributed by atoms with Crippen LogP contribution in [0.15, 0.2) is 12.3 Å². The highest BCUT2D eigenvalue weighted by molar-refractivity contribution is 7.19.